The first-order chi connectivity index (χ1) is 8.74. The van der Waals surface area contributed by atoms with E-state index in [1.54, 1.807) is 11.3 Å². The Bertz CT molecular complexity index is 525. The summed E-state index contributed by atoms with van der Waals surface area (Å²) in [5.74, 6) is 0. The molecular formula is C13H18N4S. The van der Waals surface area contributed by atoms with E-state index >= 15 is 0 Å². The lowest BCUT2D eigenvalue weighted by Gasteiger charge is -2.04. The van der Waals surface area contributed by atoms with Crippen LogP contribution in [0.2, 0.25) is 0 Å². The summed E-state index contributed by atoms with van der Waals surface area (Å²) in [4.78, 5) is 4.32. The van der Waals surface area contributed by atoms with E-state index < -0.39 is 0 Å². The lowest BCUT2D eigenvalue weighted by atomic mass is 10.2. The van der Waals surface area contributed by atoms with E-state index in [1.807, 2.05) is 11.6 Å². The second-order valence-electron chi connectivity index (χ2n) is 4.89. The van der Waals surface area contributed by atoms with Gasteiger partial charge in [-0.05, 0) is 26.7 Å². The van der Waals surface area contributed by atoms with E-state index in [0.717, 1.165) is 29.8 Å². The van der Waals surface area contributed by atoms with Crippen LogP contribution in [0.25, 0.3) is 0 Å². The first-order valence-electron chi connectivity index (χ1n) is 6.38. The summed E-state index contributed by atoms with van der Waals surface area (Å²) in [6.45, 7) is 5.97. The normalized spacial score (nSPS) is 15.2. The second-order valence-corrected chi connectivity index (χ2v) is 5.87. The highest BCUT2D eigenvalue weighted by Crippen LogP contribution is 2.21. The SMILES string of the molecule is Cc1nn(Cc2nccs2)c(C)c1CNC1CC1. The molecule has 0 amide bonds. The van der Waals surface area contributed by atoms with E-state index in [4.69, 9.17) is 0 Å². The molecule has 96 valence electrons. The zero-order valence-corrected chi connectivity index (χ0v) is 11.6. The largest absolute Gasteiger partial charge is 0.310 e. The van der Waals surface area contributed by atoms with Crippen molar-refractivity contribution in [1.82, 2.24) is 20.1 Å². The monoisotopic (exact) mass is 262 g/mol. The Labute approximate surface area is 111 Å². The second kappa shape index (κ2) is 4.82. The van der Waals surface area contributed by atoms with Gasteiger partial charge < -0.3 is 5.32 Å². The van der Waals surface area contributed by atoms with Gasteiger partial charge in [-0.25, -0.2) is 4.98 Å². The molecular weight excluding hydrogens is 244 g/mol. The summed E-state index contributed by atoms with van der Waals surface area (Å²) in [6, 6.07) is 0.742. The number of rotatable bonds is 5. The third-order valence-corrected chi connectivity index (χ3v) is 4.21. The van der Waals surface area contributed by atoms with Gasteiger partial charge in [0.1, 0.15) is 5.01 Å². The maximum atomic E-state index is 4.63. The number of thiazole rings is 1. The molecule has 1 saturated carbocycles. The molecule has 0 aromatic carbocycles. The third kappa shape index (κ3) is 2.47. The first kappa shape index (κ1) is 11.9. The van der Waals surface area contributed by atoms with E-state index in [9.17, 15) is 0 Å². The zero-order valence-electron chi connectivity index (χ0n) is 10.8. The highest BCUT2D eigenvalue weighted by Gasteiger charge is 2.21. The Hall–Kier alpha value is -1.20. The van der Waals surface area contributed by atoms with Crippen LogP contribution in [0.3, 0.4) is 0 Å². The van der Waals surface area contributed by atoms with Gasteiger partial charge in [-0.15, -0.1) is 11.3 Å². The Kier molecular flexibility index (Phi) is 3.18. The summed E-state index contributed by atoms with van der Waals surface area (Å²) >= 11 is 1.68. The quantitative estimate of drug-likeness (QED) is 0.898. The molecule has 2 heterocycles. The number of aromatic nitrogens is 3. The third-order valence-electron chi connectivity index (χ3n) is 3.44. The van der Waals surface area contributed by atoms with Gasteiger partial charge in [0, 0.05) is 35.4 Å². The molecule has 4 nitrogen and oxygen atoms in total. The number of hydrogen-bond acceptors (Lipinski definition) is 4. The topological polar surface area (TPSA) is 42.7 Å². The standard InChI is InChI=1S/C13H18N4S/c1-9-12(7-15-11-3-4-11)10(2)17(16-9)8-13-14-5-6-18-13/h5-6,11,15H,3-4,7-8H2,1-2H3. The zero-order chi connectivity index (χ0) is 12.5. The van der Waals surface area contributed by atoms with Crippen molar-refractivity contribution < 1.29 is 0 Å². The summed E-state index contributed by atoms with van der Waals surface area (Å²) in [5, 5.41) is 11.3. The fraction of sp³-hybridized carbons (Fsp3) is 0.538. The van der Waals surface area contributed by atoms with Crippen molar-refractivity contribution in [3.8, 4) is 0 Å². The number of hydrogen-bond donors (Lipinski definition) is 1. The highest BCUT2D eigenvalue weighted by atomic mass is 32.1. The van der Waals surface area contributed by atoms with Crippen LogP contribution in [-0.2, 0) is 13.1 Å². The fourth-order valence-electron chi connectivity index (χ4n) is 2.14. The molecule has 2 aromatic rings. The summed E-state index contributed by atoms with van der Waals surface area (Å²) in [7, 11) is 0. The summed E-state index contributed by atoms with van der Waals surface area (Å²) < 4.78 is 2.07. The van der Waals surface area contributed by atoms with Crippen molar-refractivity contribution >= 4 is 11.3 Å². The van der Waals surface area contributed by atoms with Gasteiger partial charge in [-0.1, -0.05) is 0 Å². The van der Waals surface area contributed by atoms with Crippen LogP contribution in [0.5, 0.6) is 0 Å². The van der Waals surface area contributed by atoms with Gasteiger partial charge in [0.05, 0.1) is 12.2 Å². The van der Waals surface area contributed by atoms with Gasteiger partial charge in [0.15, 0.2) is 0 Å². The number of aryl methyl sites for hydroxylation is 1. The Morgan fingerprint density at radius 3 is 2.94 bits per heavy atom. The van der Waals surface area contributed by atoms with Crippen LogP contribution >= 0.6 is 11.3 Å². The lowest BCUT2D eigenvalue weighted by molar-refractivity contribution is 0.649. The smallest absolute Gasteiger partial charge is 0.114 e. The van der Waals surface area contributed by atoms with E-state index in [0.29, 0.717) is 0 Å². The molecule has 2 aromatic heterocycles. The summed E-state index contributed by atoms with van der Waals surface area (Å²) in [6.07, 6.45) is 4.50. The molecule has 0 atom stereocenters. The fourth-order valence-corrected chi connectivity index (χ4v) is 2.73. The molecule has 0 spiro atoms. The molecule has 18 heavy (non-hydrogen) atoms. The van der Waals surface area contributed by atoms with Crippen molar-refractivity contribution in [3.05, 3.63) is 33.5 Å². The minimum atomic E-state index is 0.742. The van der Waals surface area contributed by atoms with Gasteiger partial charge >= 0.3 is 0 Å². The van der Waals surface area contributed by atoms with Crippen LogP contribution in [0.15, 0.2) is 11.6 Å². The van der Waals surface area contributed by atoms with Crippen LogP contribution < -0.4 is 5.32 Å². The maximum absolute atomic E-state index is 4.63. The average Bonchev–Trinajstić information content (AvgIpc) is 2.96. The van der Waals surface area contributed by atoms with Gasteiger partial charge in [-0.2, -0.15) is 5.10 Å². The highest BCUT2D eigenvalue weighted by molar-refractivity contribution is 7.09. The summed E-state index contributed by atoms with van der Waals surface area (Å²) in [5.41, 5.74) is 3.74. The molecule has 0 unspecified atom stereocenters. The Morgan fingerprint density at radius 1 is 1.44 bits per heavy atom. The minimum Gasteiger partial charge on any atom is -0.310 e. The Morgan fingerprint density at radius 2 is 2.28 bits per heavy atom. The van der Waals surface area contributed by atoms with E-state index in [1.165, 1.54) is 24.1 Å². The van der Waals surface area contributed by atoms with Crippen LogP contribution in [-0.4, -0.2) is 20.8 Å². The predicted molar refractivity (Wildman–Crippen MR) is 72.8 cm³/mol. The van der Waals surface area contributed by atoms with Crippen molar-refractivity contribution in [3.63, 3.8) is 0 Å². The molecule has 0 aliphatic heterocycles. The molecule has 0 radical (unpaired) electrons. The maximum Gasteiger partial charge on any atom is 0.114 e. The molecule has 5 heteroatoms. The van der Waals surface area contributed by atoms with Gasteiger partial charge in [0.2, 0.25) is 0 Å². The molecule has 1 fully saturated rings. The van der Waals surface area contributed by atoms with Crippen molar-refractivity contribution in [1.29, 1.82) is 0 Å². The molecule has 0 bridgehead atoms. The predicted octanol–water partition coefficient (Wildman–Crippen LogP) is 2.26. The van der Waals surface area contributed by atoms with Crippen LogP contribution in [0.1, 0.15) is 34.8 Å². The molecule has 1 N–H and O–H groups in total. The number of nitrogens with one attached hydrogen (secondary N) is 1. The molecule has 0 saturated heterocycles. The average molecular weight is 262 g/mol. The molecule has 1 aliphatic rings. The van der Waals surface area contributed by atoms with Crippen LogP contribution in [0, 0.1) is 13.8 Å². The van der Waals surface area contributed by atoms with Crippen molar-refractivity contribution in [2.75, 3.05) is 0 Å². The Balaban J connectivity index is 1.75. The lowest BCUT2D eigenvalue weighted by Crippen LogP contribution is -2.16. The van der Waals surface area contributed by atoms with Crippen molar-refractivity contribution in [2.45, 2.75) is 45.8 Å². The molecule has 3 rings (SSSR count). The number of nitrogens with zero attached hydrogens (tertiary/aromatic N) is 3. The van der Waals surface area contributed by atoms with Crippen LogP contribution in [0.4, 0.5) is 0 Å². The van der Waals surface area contributed by atoms with Gasteiger partial charge in [-0.3, -0.25) is 4.68 Å². The van der Waals surface area contributed by atoms with E-state index in [-0.39, 0.29) is 0 Å². The molecule has 1 aliphatic carbocycles. The van der Waals surface area contributed by atoms with Crippen molar-refractivity contribution in [2.24, 2.45) is 0 Å². The minimum absolute atomic E-state index is 0.742. The first-order valence-corrected chi connectivity index (χ1v) is 7.26. The van der Waals surface area contributed by atoms with Gasteiger partial charge in [0.25, 0.3) is 0 Å². The van der Waals surface area contributed by atoms with E-state index in [2.05, 4.69) is 33.9 Å².